The molecule has 0 saturated heterocycles. The van der Waals surface area contributed by atoms with Crippen molar-refractivity contribution in [1.29, 1.82) is 0 Å². The van der Waals surface area contributed by atoms with E-state index in [0.29, 0.717) is 22.7 Å². The van der Waals surface area contributed by atoms with Gasteiger partial charge in [-0.15, -0.1) is 0 Å². The van der Waals surface area contributed by atoms with Crippen molar-refractivity contribution in [3.8, 4) is 0 Å². The Morgan fingerprint density at radius 1 is 0.929 bits per heavy atom. The highest BCUT2D eigenvalue weighted by Crippen LogP contribution is 2.27. The predicted octanol–water partition coefficient (Wildman–Crippen LogP) is 6.52. The van der Waals surface area contributed by atoms with E-state index in [1.54, 1.807) is 42.5 Å². The number of nitrogens with zero attached hydrogens (tertiary/aromatic N) is 2. The summed E-state index contributed by atoms with van der Waals surface area (Å²) >= 11 is 6.49. The molecule has 3 aromatic carbocycles. The molecule has 0 bridgehead atoms. The molecule has 1 N–H and O–H groups in total. The van der Waals surface area contributed by atoms with Gasteiger partial charge in [0.15, 0.2) is 0 Å². The number of nitrogens with one attached hydrogen (secondary N) is 1. The summed E-state index contributed by atoms with van der Waals surface area (Å²) < 4.78 is 29.1. The molecule has 1 fully saturated rings. The zero-order valence-corrected chi connectivity index (χ0v) is 26.1. The van der Waals surface area contributed by atoms with Gasteiger partial charge in [0.2, 0.25) is 11.8 Å². The summed E-state index contributed by atoms with van der Waals surface area (Å²) in [5, 5.41) is 3.60. The molecule has 42 heavy (non-hydrogen) atoms. The minimum absolute atomic E-state index is 0.0701. The van der Waals surface area contributed by atoms with Crippen molar-refractivity contribution in [3.63, 3.8) is 0 Å². The Kier molecular flexibility index (Phi) is 10.7. The molecule has 0 aromatic heterocycles. The van der Waals surface area contributed by atoms with Crippen LogP contribution in [0.1, 0.15) is 69.9 Å². The van der Waals surface area contributed by atoms with Crippen LogP contribution in [-0.2, 0) is 26.2 Å². The smallest absolute Gasteiger partial charge is 0.264 e. The first-order chi connectivity index (χ1) is 20.1. The molecule has 1 aliphatic rings. The van der Waals surface area contributed by atoms with Crippen LogP contribution in [0.15, 0.2) is 83.8 Å². The van der Waals surface area contributed by atoms with Gasteiger partial charge < -0.3 is 10.2 Å². The maximum absolute atomic E-state index is 14.2. The number of sulfonamides is 1. The molecule has 9 heteroatoms. The van der Waals surface area contributed by atoms with E-state index in [1.165, 1.54) is 17.0 Å². The fraction of sp³-hybridized carbons (Fsp3) is 0.394. The average molecular weight is 610 g/mol. The summed E-state index contributed by atoms with van der Waals surface area (Å²) in [6.07, 6.45) is 4.31. The molecule has 0 unspecified atom stereocenters. The van der Waals surface area contributed by atoms with Crippen LogP contribution in [0, 0.1) is 0 Å². The summed E-state index contributed by atoms with van der Waals surface area (Å²) in [5.41, 5.74) is 2.10. The first-order valence-electron chi connectivity index (χ1n) is 14.6. The molecule has 7 nitrogen and oxygen atoms in total. The van der Waals surface area contributed by atoms with Gasteiger partial charge in [-0.1, -0.05) is 93.7 Å². The number of rotatable bonds is 12. The number of amides is 2. The second-order valence-corrected chi connectivity index (χ2v) is 13.4. The molecule has 4 rings (SSSR count). The van der Waals surface area contributed by atoms with Crippen LogP contribution in [0.3, 0.4) is 0 Å². The number of anilines is 1. The highest BCUT2D eigenvalue weighted by molar-refractivity contribution is 7.92. The van der Waals surface area contributed by atoms with Crippen molar-refractivity contribution in [2.45, 2.75) is 82.3 Å². The van der Waals surface area contributed by atoms with Gasteiger partial charge in [-0.25, -0.2) is 8.42 Å². The van der Waals surface area contributed by atoms with Gasteiger partial charge in [0, 0.05) is 17.6 Å². The summed E-state index contributed by atoms with van der Waals surface area (Å²) in [5.74, 6) is -0.464. The van der Waals surface area contributed by atoms with E-state index in [-0.39, 0.29) is 29.3 Å². The van der Waals surface area contributed by atoms with Crippen LogP contribution in [-0.4, -0.2) is 43.8 Å². The lowest BCUT2D eigenvalue weighted by atomic mass is 10.0. The Bertz CT molecular complexity index is 1460. The Labute approximate surface area is 254 Å². The number of carbonyl (C=O) groups excluding carboxylic acids is 2. The molecule has 1 aliphatic carbocycles. The topological polar surface area (TPSA) is 86.8 Å². The van der Waals surface area contributed by atoms with Crippen molar-refractivity contribution < 1.29 is 18.0 Å². The highest BCUT2D eigenvalue weighted by Gasteiger charge is 2.34. The summed E-state index contributed by atoms with van der Waals surface area (Å²) in [6.45, 7) is 5.57. The molecule has 0 aliphatic heterocycles. The normalized spacial score (nSPS) is 14.5. The lowest BCUT2D eigenvalue weighted by Gasteiger charge is -2.34. The Morgan fingerprint density at radius 2 is 1.55 bits per heavy atom. The van der Waals surface area contributed by atoms with E-state index < -0.39 is 28.5 Å². The van der Waals surface area contributed by atoms with Gasteiger partial charge in [0.1, 0.15) is 12.6 Å². The van der Waals surface area contributed by atoms with Crippen LogP contribution >= 0.6 is 11.6 Å². The van der Waals surface area contributed by atoms with Gasteiger partial charge in [0.25, 0.3) is 10.0 Å². The van der Waals surface area contributed by atoms with Crippen molar-refractivity contribution >= 4 is 39.1 Å². The monoisotopic (exact) mass is 609 g/mol. The fourth-order valence-electron chi connectivity index (χ4n) is 5.37. The maximum atomic E-state index is 14.2. The molecule has 0 radical (unpaired) electrons. The molecule has 3 aromatic rings. The molecule has 224 valence electrons. The van der Waals surface area contributed by atoms with Crippen LogP contribution in [0.5, 0.6) is 0 Å². The zero-order valence-electron chi connectivity index (χ0n) is 24.5. The van der Waals surface area contributed by atoms with Gasteiger partial charge in [-0.2, -0.15) is 0 Å². The number of halogens is 1. The first-order valence-corrected chi connectivity index (χ1v) is 16.4. The number of hydrogen-bond donors (Lipinski definition) is 1. The standard InChI is InChI=1S/C33H40ClN3O4S/c1-4-31(33(39)35-27-13-9-10-14-27)36(22-26-12-8-11-17-30(26)34)32(38)23-37(28-20-18-25(19-21-28)24(2)3)42(40,41)29-15-6-5-7-16-29/h5-8,11-12,15-21,24,27,31H,4,9-10,13-14,22-23H2,1-3H3,(H,35,39)/t31-/m1/s1. The van der Waals surface area contributed by atoms with E-state index in [1.807, 2.05) is 31.2 Å². The minimum atomic E-state index is -4.11. The first kappa shape index (κ1) is 31.6. The van der Waals surface area contributed by atoms with Crippen LogP contribution in [0.4, 0.5) is 5.69 Å². The second kappa shape index (κ2) is 14.2. The third-order valence-corrected chi connectivity index (χ3v) is 10.0. The van der Waals surface area contributed by atoms with E-state index in [9.17, 15) is 18.0 Å². The molecular weight excluding hydrogens is 570 g/mol. The lowest BCUT2D eigenvalue weighted by Crippen LogP contribution is -2.53. The van der Waals surface area contributed by atoms with Crippen LogP contribution in [0.2, 0.25) is 5.02 Å². The summed E-state index contributed by atoms with van der Waals surface area (Å²) in [6, 6.07) is 21.8. The quantitative estimate of drug-likeness (QED) is 0.253. The van der Waals surface area contributed by atoms with Crippen molar-refractivity contribution in [2.75, 3.05) is 10.8 Å². The fourth-order valence-corrected chi connectivity index (χ4v) is 7.00. The minimum Gasteiger partial charge on any atom is -0.352 e. The largest absolute Gasteiger partial charge is 0.352 e. The predicted molar refractivity (Wildman–Crippen MR) is 168 cm³/mol. The van der Waals surface area contributed by atoms with E-state index >= 15 is 0 Å². The molecule has 1 atom stereocenters. The average Bonchev–Trinajstić information content (AvgIpc) is 3.50. The molecule has 2 amide bonds. The highest BCUT2D eigenvalue weighted by atomic mass is 35.5. The number of hydrogen-bond acceptors (Lipinski definition) is 4. The third kappa shape index (κ3) is 7.53. The molecule has 0 heterocycles. The zero-order chi connectivity index (χ0) is 30.3. The number of benzene rings is 3. The van der Waals surface area contributed by atoms with Crippen LogP contribution < -0.4 is 9.62 Å². The molecule has 0 spiro atoms. The lowest BCUT2D eigenvalue weighted by molar-refractivity contribution is -0.140. The molecular formula is C33H40ClN3O4S. The van der Waals surface area contributed by atoms with E-state index in [0.717, 1.165) is 35.6 Å². The maximum Gasteiger partial charge on any atom is 0.264 e. The Morgan fingerprint density at radius 3 is 2.14 bits per heavy atom. The number of carbonyl (C=O) groups is 2. The van der Waals surface area contributed by atoms with Gasteiger partial charge in [0.05, 0.1) is 10.6 Å². The summed E-state index contributed by atoms with van der Waals surface area (Å²) in [7, 11) is -4.11. The van der Waals surface area contributed by atoms with Gasteiger partial charge >= 0.3 is 0 Å². The van der Waals surface area contributed by atoms with Crippen molar-refractivity contribution in [3.05, 3.63) is 95.0 Å². The van der Waals surface area contributed by atoms with E-state index in [4.69, 9.17) is 11.6 Å². The molecule has 1 saturated carbocycles. The van der Waals surface area contributed by atoms with Gasteiger partial charge in [-0.3, -0.25) is 13.9 Å². The second-order valence-electron chi connectivity index (χ2n) is 11.1. The van der Waals surface area contributed by atoms with E-state index in [2.05, 4.69) is 19.2 Å². The van der Waals surface area contributed by atoms with Crippen LogP contribution in [0.25, 0.3) is 0 Å². The Hall–Kier alpha value is -3.36. The van der Waals surface area contributed by atoms with Crippen molar-refractivity contribution in [2.24, 2.45) is 0 Å². The van der Waals surface area contributed by atoms with Gasteiger partial charge in [-0.05, 0) is 66.6 Å². The third-order valence-electron chi connectivity index (χ3n) is 7.84. The SMILES string of the molecule is CC[C@H](C(=O)NC1CCCC1)N(Cc1ccccc1Cl)C(=O)CN(c1ccc(C(C)C)cc1)S(=O)(=O)c1ccccc1. The summed E-state index contributed by atoms with van der Waals surface area (Å²) in [4.78, 5) is 29.3. The Balaban J connectivity index is 1.72. The van der Waals surface area contributed by atoms with Crippen molar-refractivity contribution in [1.82, 2.24) is 10.2 Å².